The second-order valence-corrected chi connectivity index (χ2v) is 5.05. The second-order valence-electron chi connectivity index (χ2n) is 5.05. The summed E-state index contributed by atoms with van der Waals surface area (Å²) in [6.07, 6.45) is 0. The minimum atomic E-state index is 0. The smallest absolute Gasteiger partial charge is 0 e. The Labute approximate surface area is 153 Å². The van der Waals surface area contributed by atoms with E-state index in [-0.39, 0.29) is 21.7 Å². The Morgan fingerprint density at radius 1 is 0.565 bits per heavy atom. The van der Waals surface area contributed by atoms with Crippen LogP contribution in [0.3, 0.4) is 0 Å². The van der Waals surface area contributed by atoms with Gasteiger partial charge in [-0.15, -0.1) is 35.9 Å². The number of rotatable bonds is 2. The molecule has 4 aromatic carbocycles. The summed E-state index contributed by atoms with van der Waals surface area (Å²) < 4.78 is 0. The molecule has 1 heteroatoms. The van der Waals surface area contributed by atoms with Gasteiger partial charge in [0.15, 0.2) is 0 Å². The first-order valence-electron chi connectivity index (χ1n) is 7.48. The van der Waals surface area contributed by atoms with Gasteiger partial charge < -0.3 is 30.3 Å². The molecule has 4 aromatic rings. The molecule has 0 fully saturated rings. The van der Waals surface area contributed by atoms with Gasteiger partial charge in [-0.25, -0.2) is 0 Å². The molecule has 0 N–H and O–H groups in total. The van der Waals surface area contributed by atoms with Gasteiger partial charge in [0.2, 0.25) is 0 Å². The fourth-order valence-electron chi connectivity index (χ4n) is 2.48. The van der Waals surface area contributed by atoms with Crippen LogP contribution in [0.2, 0.25) is 0 Å². The molecule has 23 heavy (non-hydrogen) atoms. The van der Waals surface area contributed by atoms with Gasteiger partial charge in [0.25, 0.3) is 0 Å². The van der Waals surface area contributed by atoms with E-state index in [1.54, 1.807) is 0 Å². The number of hydrogen-bond acceptors (Lipinski definition) is 0. The van der Waals surface area contributed by atoms with Crippen molar-refractivity contribution in [3.63, 3.8) is 0 Å². The Bertz CT molecular complexity index is 694. The van der Waals surface area contributed by atoms with Crippen molar-refractivity contribution in [2.24, 2.45) is 0 Å². The van der Waals surface area contributed by atoms with Crippen LogP contribution in [0, 0.1) is 0 Å². The van der Waals surface area contributed by atoms with Crippen molar-refractivity contribution >= 4 is 0 Å². The minimum Gasteiger partial charge on any atom is -0.748 e. The van der Waals surface area contributed by atoms with Crippen LogP contribution in [0.4, 0.5) is 0 Å². The van der Waals surface area contributed by atoms with Crippen molar-refractivity contribution in [2.45, 2.75) is 0 Å². The Kier molecular flexibility index (Phi) is 6.81. The van der Waals surface area contributed by atoms with Gasteiger partial charge in [0.1, 0.15) is 0 Å². The van der Waals surface area contributed by atoms with Crippen LogP contribution < -0.4 is 0 Å². The molecule has 0 nitrogen and oxygen atoms in total. The second kappa shape index (κ2) is 9.10. The summed E-state index contributed by atoms with van der Waals surface area (Å²) in [6, 6.07) is 37.5. The summed E-state index contributed by atoms with van der Waals surface area (Å²) in [6.45, 7) is 0. The SMILES string of the molecule is [Ti].[cH-]1[cH-][cH-][cH-][cH-]1.c1ccc(-c2ccc[c-]2-c2ccccc2)cc1. The van der Waals surface area contributed by atoms with E-state index in [4.69, 9.17) is 0 Å². The molecule has 0 aliphatic carbocycles. The average molecular weight is 330 g/mol. The maximum absolute atomic E-state index is 2.18. The first-order chi connectivity index (χ1) is 10.9. The molecule has 0 bridgehead atoms. The van der Waals surface area contributed by atoms with E-state index in [0.29, 0.717) is 0 Å². The molecule has 0 aliphatic rings. The van der Waals surface area contributed by atoms with E-state index in [9.17, 15) is 0 Å². The minimum absolute atomic E-state index is 0. The fraction of sp³-hybridized carbons (Fsp3) is 0. The van der Waals surface area contributed by atoms with Crippen LogP contribution in [-0.4, -0.2) is 0 Å². The predicted octanol–water partition coefficient (Wildman–Crippen LogP) is 6.14. The molecular weight excluding hydrogens is 312 g/mol. The third-order valence-electron chi connectivity index (χ3n) is 3.54. The molecule has 0 amide bonds. The van der Waals surface area contributed by atoms with E-state index >= 15 is 0 Å². The van der Waals surface area contributed by atoms with Crippen LogP contribution in [0.5, 0.6) is 0 Å². The molecule has 4 rings (SSSR count). The molecule has 0 heterocycles. The number of benzene rings is 2. The standard InChI is InChI=1S/C17H13.C5H5.Ti/c1-3-8-14(9-4-1)16-12-7-13-17(16)15-10-5-2-6-11-15;1-2-4-5-3-1;/h1-13H;1-5H;/q-1;-5;. The fourth-order valence-corrected chi connectivity index (χ4v) is 2.48. The summed E-state index contributed by atoms with van der Waals surface area (Å²) >= 11 is 0. The molecule has 0 radical (unpaired) electrons. The third kappa shape index (κ3) is 4.66. The molecule has 0 saturated heterocycles. The van der Waals surface area contributed by atoms with Crippen LogP contribution >= 0.6 is 0 Å². The van der Waals surface area contributed by atoms with Crippen LogP contribution in [0.1, 0.15) is 0 Å². The van der Waals surface area contributed by atoms with Gasteiger partial charge in [-0.05, 0) is 0 Å². The van der Waals surface area contributed by atoms with Crippen molar-refractivity contribution in [3.05, 3.63) is 109 Å². The molecule has 0 aromatic heterocycles. The van der Waals surface area contributed by atoms with Gasteiger partial charge in [0, 0.05) is 21.7 Å². The van der Waals surface area contributed by atoms with E-state index in [0.717, 1.165) is 0 Å². The summed E-state index contributed by atoms with van der Waals surface area (Å²) in [5.41, 5.74) is 5.15. The molecule has 116 valence electrons. The summed E-state index contributed by atoms with van der Waals surface area (Å²) in [7, 11) is 0. The van der Waals surface area contributed by atoms with Gasteiger partial charge in [-0.2, -0.15) is 0 Å². The predicted molar refractivity (Wildman–Crippen MR) is 94.9 cm³/mol. The summed E-state index contributed by atoms with van der Waals surface area (Å²) in [5, 5.41) is 0. The normalized spacial score (nSPS) is 9.39. The van der Waals surface area contributed by atoms with Crippen molar-refractivity contribution in [3.8, 4) is 22.3 Å². The van der Waals surface area contributed by atoms with Crippen LogP contribution in [0.25, 0.3) is 22.3 Å². The molecule has 0 spiro atoms. The zero-order chi connectivity index (χ0) is 15.0. The van der Waals surface area contributed by atoms with E-state index < -0.39 is 0 Å². The molecule has 0 unspecified atom stereocenters. The maximum Gasteiger partial charge on any atom is 0 e. The van der Waals surface area contributed by atoms with Crippen molar-refractivity contribution in [1.29, 1.82) is 0 Å². The maximum atomic E-state index is 2.18. The van der Waals surface area contributed by atoms with E-state index in [1.807, 2.05) is 30.3 Å². The Balaban J connectivity index is 0.000000276. The monoisotopic (exact) mass is 330 g/mol. The Hall–Kier alpha value is -2.15. The zero-order valence-corrected chi connectivity index (χ0v) is 14.5. The molecule has 0 saturated carbocycles. The van der Waals surface area contributed by atoms with Crippen LogP contribution in [-0.2, 0) is 21.7 Å². The quantitative estimate of drug-likeness (QED) is 0.306. The van der Waals surface area contributed by atoms with Crippen molar-refractivity contribution in [2.75, 3.05) is 0 Å². The van der Waals surface area contributed by atoms with Crippen molar-refractivity contribution in [1.82, 2.24) is 0 Å². The molecule has 0 aliphatic heterocycles. The van der Waals surface area contributed by atoms with Crippen LogP contribution in [0.15, 0.2) is 109 Å². The largest absolute Gasteiger partial charge is 0.748 e. The average Bonchev–Trinajstić information content (AvgIpc) is 3.31. The van der Waals surface area contributed by atoms with Crippen molar-refractivity contribution < 1.29 is 21.7 Å². The summed E-state index contributed by atoms with van der Waals surface area (Å²) in [4.78, 5) is 0. The Morgan fingerprint density at radius 2 is 1.09 bits per heavy atom. The van der Waals surface area contributed by atoms with Gasteiger partial charge >= 0.3 is 0 Å². The molecular formula is C22H18Ti-6. The van der Waals surface area contributed by atoms with Gasteiger partial charge in [-0.1, -0.05) is 65.2 Å². The zero-order valence-electron chi connectivity index (χ0n) is 12.9. The molecule has 0 atom stereocenters. The first-order valence-corrected chi connectivity index (χ1v) is 7.48. The van der Waals surface area contributed by atoms with E-state index in [2.05, 4.69) is 78.9 Å². The first kappa shape index (κ1) is 17.2. The summed E-state index contributed by atoms with van der Waals surface area (Å²) in [5.74, 6) is 0. The third-order valence-corrected chi connectivity index (χ3v) is 3.54. The van der Waals surface area contributed by atoms with Gasteiger partial charge in [-0.3, -0.25) is 0 Å². The number of hydrogen-bond donors (Lipinski definition) is 0. The topological polar surface area (TPSA) is 0 Å². The Morgan fingerprint density at radius 3 is 1.65 bits per heavy atom. The van der Waals surface area contributed by atoms with E-state index in [1.165, 1.54) is 22.3 Å². The van der Waals surface area contributed by atoms with Gasteiger partial charge in [0.05, 0.1) is 0 Å².